The summed E-state index contributed by atoms with van der Waals surface area (Å²) < 4.78 is 5.93. The van der Waals surface area contributed by atoms with Crippen LogP contribution < -0.4 is 4.74 Å². The summed E-state index contributed by atoms with van der Waals surface area (Å²) in [4.78, 5) is 2.45. The van der Waals surface area contributed by atoms with Crippen LogP contribution in [0.2, 0.25) is 0 Å². The second-order valence-corrected chi connectivity index (χ2v) is 8.53. The average molecular weight is 354 g/mol. The number of fused-ring (bicyclic) bond motifs is 1. The summed E-state index contributed by atoms with van der Waals surface area (Å²) in [5.41, 5.74) is 3.70. The summed E-state index contributed by atoms with van der Waals surface area (Å²) in [6.45, 7) is 10.4. The molecule has 0 fully saturated rings. The Kier molecular flexibility index (Phi) is 6.00. The maximum atomic E-state index is 10.7. The summed E-state index contributed by atoms with van der Waals surface area (Å²) in [5.74, 6) is 0.959. The van der Waals surface area contributed by atoms with E-state index >= 15 is 0 Å². The van der Waals surface area contributed by atoms with Crippen molar-refractivity contribution in [3.63, 3.8) is 0 Å². The summed E-state index contributed by atoms with van der Waals surface area (Å²) in [6, 6.07) is 16.5. The summed E-state index contributed by atoms with van der Waals surface area (Å²) >= 11 is 0. The van der Waals surface area contributed by atoms with Gasteiger partial charge in [0.2, 0.25) is 0 Å². The SMILES string of the molecule is CC(C)(C)CN1CCOc2ccc(C(O)CCc3ccccc3)cc2C1. The number of hydrogen-bond acceptors (Lipinski definition) is 3. The topological polar surface area (TPSA) is 32.7 Å². The third-order valence-corrected chi connectivity index (χ3v) is 4.78. The highest BCUT2D eigenvalue weighted by Crippen LogP contribution is 2.29. The number of aryl methyl sites for hydroxylation is 1. The van der Waals surface area contributed by atoms with Crippen molar-refractivity contribution < 1.29 is 9.84 Å². The average Bonchev–Trinajstić information content (AvgIpc) is 2.79. The van der Waals surface area contributed by atoms with Gasteiger partial charge in [-0.1, -0.05) is 57.2 Å². The van der Waals surface area contributed by atoms with Crippen LogP contribution in [-0.4, -0.2) is 29.7 Å². The van der Waals surface area contributed by atoms with Crippen LogP contribution in [0.4, 0.5) is 0 Å². The largest absolute Gasteiger partial charge is 0.492 e. The fourth-order valence-electron chi connectivity index (χ4n) is 3.60. The molecule has 0 bridgehead atoms. The first-order valence-electron chi connectivity index (χ1n) is 9.61. The van der Waals surface area contributed by atoms with E-state index in [-0.39, 0.29) is 5.41 Å². The molecule has 1 atom stereocenters. The molecule has 1 heterocycles. The van der Waals surface area contributed by atoms with E-state index in [1.165, 1.54) is 11.1 Å². The molecule has 3 rings (SSSR count). The van der Waals surface area contributed by atoms with Gasteiger partial charge in [-0.05, 0) is 41.5 Å². The summed E-state index contributed by atoms with van der Waals surface area (Å²) in [7, 11) is 0. The molecule has 0 saturated heterocycles. The normalized spacial score (nSPS) is 16.5. The highest BCUT2D eigenvalue weighted by Gasteiger charge is 2.21. The van der Waals surface area contributed by atoms with E-state index in [1.807, 2.05) is 30.3 Å². The zero-order valence-corrected chi connectivity index (χ0v) is 16.2. The van der Waals surface area contributed by atoms with Crippen molar-refractivity contribution in [1.82, 2.24) is 4.90 Å². The lowest BCUT2D eigenvalue weighted by Crippen LogP contribution is -2.33. The summed E-state index contributed by atoms with van der Waals surface area (Å²) in [6.07, 6.45) is 1.17. The van der Waals surface area contributed by atoms with Gasteiger partial charge in [-0.2, -0.15) is 0 Å². The molecule has 1 N–H and O–H groups in total. The molecular formula is C23H31NO2. The van der Waals surface area contributed by atoms with Crippen LogP contribution in [0.1, 0.15) is 50.0 Å². The van der Waals surface area contributed by atoms with E-state index in [0.717, 1.165) is 50.4 Å². The van der Waals surface area contributed by atoms with E-state index in [0.29, 0.717) is 0 Å². The van der Waals surface area contributed by atoms with Crippen LogP contribution in [0, 0.1) is 5.41 Å². The molecule has 2 aromatic rings. The quantitative estimate of drug-likeness (QED) is 0.853. The maximum absolute atomic E-state index is 10.7. The third-order valence-electron chi connectivity index (χ3n) is 4.78. The highest BCUT2D eigenvalue weighted by molar-refractivity contribution is 5.38. The molecule has 3 nitrogen and oxygen atoms in total. The standard InChI is InChI=1S/C23H31NO2/c1-23(2,3)17-24-13-14-26-22-12-10-19(15-20(22)16-24)21(25)11-9-18-7-5-4-6-8-18/h4-8,10,12,15,21,25H,9,11,13-14,16-17H2,1-3H3. The fraction of sp³-hybridized carbons (Fsp3) is 0.478. The van der Waals surface area contributed by atoms with Crippen molar-refractivity contribution in [1.29, 1.82) is 0 Å². The number of benzene rings is 2. The molecule has 0 amide bonds. The van der Waals surface area contributed by atoms with Gasteiger partial charge in [0.15, 0.2) is 0 Å². The van der Waals surface area contributed by atoms with Gasteiger partial charge in [0.1, 0.15) is 12.4 Å². The Morgan fingerprint density at radius 3 is 2.62 bits per heavy atom. The Morgan fingerprint density at radius 2 is 1.88 bits per heavy atom. The first-order chi connectivity index (χ1) is 12.4. The number of ether oxygens (including phenoxy) is 1. The molecule has 3 heteroatoms. The number of nitrogens with zero attached hydrogens (tertiary/aromatic N) is 1. The van der Waals surface area contributed by atoms with Crippen molar-refractivity contribution >= 4 is 0 Å². The molecule has 0 aromatic heterocycles. The van der Waals surface area contributed by atoms with Crippen LogP contribution in [-0.2, 0) is 13.0 Å². The van der Waals surface area contributed by atoms with Gasteiger partial charge in [-0.25, -0.2) is 0 Å². The zero-order chi connectivity index (χ0) is 18.6. The molecule has 140 valence electrons. The molecular weight excluding hydrogens is 322 g/mol. The summed E-state index contributed by atoms with van der Waals surface area (Å²) in [5, 5.41) is 10.7. The van der Waals surface area contributed by atoms with Gasteiger partial charge in [0.05, 0.1) is 6.10 Å². The van der Waals surface area contributed by atoms with E-state index in [2.05, 4.69) is 43.9 Å². The molecule has 0 spiro atoms. The first-order valence-corrected chi connectivity index (χ1v) is 9.61. The molecule has 0 saturated carbocycles. The van der Waals surface area contributed by atoms with Gasteiger partial charge in [0.25, 0.3) is 0 Å². The van der Waals surface area contributed by atoms with Crippen molar-refractivity contribution in [3.05, 3.63) is 65.2 Å². The Bertz CT molecular complexity index is 706. The second kappa shape index (κ2) is 8.24. The van der Waals surface area contributed by atoms with Crippen molar-refractivity contribution in [2.75, 3.05) is 19.7 Å². The van der Waals surface area contributed by atoms with Gasteiger partial charge in [-0.3, -0.25) is 4.90 Å². The predicted molar refractivity (Wildman–Crippen MR) is 106 cm³/mol. The predicted octanol–water partition coefficient (Wildman–Crippen LogP) is 4.59. The maximum Gasteiger partial charge on any atom is 0.123 e. The van der Waals surface area contributed by atoms with Crippen molar-refractivity contribution in [3.8, 4) is 5.75 Å². The second-order valence-electron chi connectivity index (χ2n) is 8.53. The fourth-order valence-corrected chi connectivity index (χ4v) is 3.60. The molecule has 0 aliphatic carbocycles. The number of aliphatic hydroxyl groups excluding tert-OH is 1. The lowest BCUT2D eigenvalue weighted by atomic mass is 9.95. The van der Waals surface area contributed by atoms with Crippen LogP contribution in [0.3, 0.4) is 0 Å². The van der Waals surface area contributed by atoms with Gasteiger partial charge in [-0.15, -0.1) is 0 Å². The Hall–Kier alpha value is -1.84. The Labute approximate surface area is 157 Å². The van der Waals surface area contributed by atoms with Gasteiger partial charge >= 0.3 is 0 Å². The van der Waals surface area contributed by atoms with Gasteiger partial charge in [0, 0.05) is 25.2 Å². The van der Waals surface area contributed by atoms with E-state index < -0.39 is 6.10 Å². The molecule has 2 aromatic carbocycles. The molecule has 1 aliphatic heterocycles. The lowest BCUT2D eigenvalue weighted by molar-refractivity contribution is 0.166. The van der Waals surface area contributed by atoms with Crippen molar-refractivity contribution in [2.45, 2.75) is 46.3 Å². The minimum atomic E-state index is -0.445. The molecule has 26 heavy (non-hydrogen) atoms. The van der Waals surface area contributed by atoms with Crippen LogP contribution >= 0.6 is 0 Å². The smallest absolute Gasteiger partial charge is 0.123 e. The molecule has 0 radical (unpaired) electrons. The third kappa shape index (κ3) is 5.33. The first kappa shape index (κ1) is 18.9. The minimum Gasteiger partial charge on any atom is -0.492 e. The molecule has 1 unspecified atom stereocenters. The van der Waals surface area contributed by atoms with E-state index in [4.69, 9.17) is 4.74 Å². The van der Waals surface area contributed by atoms with Crippen LogP contribution in [0.15, 0.2) is 48.5 Å². The number of hydrogen-bond donors (Lipinski definition) is 1. The lowest BCUT2D eigenvalue weighted by Gasteiger charge is -2.28. The molecule has 1 aliphatic rings. The van der Waals surface area contributed by atoms with Crippen LogP contribution in [0.5, 0.6) is 5.75 Å². The van der Waals surface area contributed by atoms with E-state index in [1.54, 1.807) is 0 Å². The Balaban J connectivity index is 1.68. The van der Waals surface area contributed by atoms with Crippen LogP contribution in [0.25, 0.3) is 0 Å². The monoisotopic (exact) mass is 353 g/mol. The highest BCUT2D eigenvalue weighted by atomic mass is 16.5. The zero-order valence-electron chi connectivity index (χ0n) is 16.2. The van der Waals surface area contributed by atoms with Crippen molar-refractivity contribution in [2.24, 2.45) is 5.41 Å². The number of aliphatic hydroxyl groups is 1. The Morgan fingerprint density at radius 1 is 1.12 bits per heavy atom. The minimum absolute atomic E-state index is 0.261. The van der Waals surface area contributed by atoms with E-state index in [9.17, 15) is 5.11 Å². The van der Waals surface area contributed by atoms with Gasteiger partial charge < -0.3 is 9.84 Å². The number of rotatable bonds is 5.